The maximum Gasteiger partial charge on any atom is 0.353 e. The van der Waals surface area contributed by atoms with Crippen LogP contribution in [-0.4, -0.2) is 54.3 Å². The van der Waals surface area contributed by atoms with E-state index in [4.69, 9.17) is 4.74 Å². The number of ether oxygens (including phenoxy) is 1. The summed E-state index contributed by atoms with van der Waals surface area (Å²) in [5.41, 5.74) is -0.000738. The number of hydrogen-bond donors (Lipinski definition) is 0. The Hall–Kier alpha value is -1.96. The van der Waals surface area contributed by atoms with Crippen molar-refractivity contribution in [3.63, 3.8) is 0 Å². The molecule has 8 heteroatoms. The fourth-order valence-corrected chi connectivity index (χ4v) is 2.87. The highest BCUT2D eigenvalue weighted by Gasteiger charge is 2.31. The predicted octanol–water partition coefficient (Wildman–Crippen LogP) is 2.24. The lowest BCUT2D eigenvalue weighted by Gasteiger charge is -2.30. The van der Waals surface area contributed by atoms with Crippen LogP contribution in [0.25, 0.3) is 0 Å². The van der Waals surface area contributed by atoms with Crippen molar-refractivity contribution in [2.75, 3.05) is 43.2 Å². The van der Waals surface area contributed by atoms with Gasteiger partial charge in [0.1, 0.15) is 6.33 Å². The van der Waals surface area contributed by atoms with Gasteiger partial charge in [-0.05, 0) is 33.1 Å². The van der Waals surface area contributed by atoms with Crippen LogP contribution in [-0.2, 0) is 4.74 Å². The van der Waals surface area contributed by atoms with E-state index in [1.165, 1.54) is 6.33 Å². The molecule has 0 unspecified atom stereocenters. The van der Waals surface area contributed by atoms with Crippen LogP contribution >= 0.6 is 0 Å². The maximum absolute atomic E-state index is 11.7. The molecule has 1 aliphatic heterocycles. The molecule has 1 saturated heterocycles. The van der Waals surface area contributed by atoms with Crippen molar-refractivity contribution < 1.29 is 9.66 Å². The number of rotatable bonds is 7. The van der Waals surface area contributed by atoms with E-state index in [1.54, 1.807) is 7.11 Å². The Morgan fingerprint density at radius 3 is 2.61 bits per heavy atom. The minimum atomic E-state index is -0.360. The average Bonchev–Trinajstić information content (AvgIpc) is 2.55. The minimum absolute atomic E-state index is 0.000738. The lowest BCUT2D eigenvalue weighted by Crippen LogP contribution is -2.36. The molecule has 0 bridgehead atoms. The average molecular weight is 323 g/mol. The molecule has 0 saturated carbocycles. The quantitative estimate of drug-likeness (QED) is 0.562. The van der Waals surface area contributed by atoms with E-state index in [1.807, 2.05) is 23.6 Å². The predicted molar refractivity (Wildman–Crippen MR) is 89.1 cm³/mol. The van der Waals surface area contributed by atoms with E-state index < -0.39 is 0 Å². The van der Waals surface area contributed by atoms with Crippen LogP contribution in [0.2, 0.25) is 0 Å². The first kappa shape index (κ1) is 17.4. The summed E-state index contributed by atoms with van der Waals surface area (Å²) in [6, 6.07) is 0.0768. The van der Waals surface area contributed by atoms with E-state index >= 15 is 0 Å². The van der Waals surface area contributed by atoms with E-state index in [-0.39, 0.29) is 16.7 Å². The highest BCUT2D eigenvalue weighted by Crippen LogP contribution is 2.35. The molecule has 8 nitrogen and oxygen atoms in total. The van der Waals surface area contributed by atoms with Gasteiger partial charge in [-0.25, -0.2) is 9.97 Å². The number of nitro groups is 1. The van der Waals surface area contributed by atoms with Crippen LogP contribution in [0.3, 0.4) is 0 Å². The monoisotopic (exact) mass is 323 g/mol. The zero-order valence-electron chi connectivity index (χ0n) is 14.1. The standard InChI is InChI=1S/C15H25N5O3/c1-12(2)19(9-10-23-3)15-13(20(21)22)14(16-11-17-15)18-7-5-4-6-8-18/h11-12H,4-10H2,1-3H3. The Morgan fingerprint density at radius 1 is 1.35 bits per heavy atom. The third-order valence-corrected chi connectivity index (χ3v) is 4.05. The summed E-state index contributed by atoms with van der Waals surface area (Å²) >= 11 is 0. The molecule has 0 atom stereocenters. The molecule has 1 aromatic heterocycles. The Balaban J connectivity index is 2.43. The summed E-state index contributed by atoms with van der Waals surface area (Å²) < 4.78 is 5.13. The first-order valence-electron chi connectivity index (χ1n) is 8.06. The highest BCUT2D eigenvalue weighted by atomic mass is 16.6. The molecule has 0 amide bonds. The summed E-state index contributed by atoms with van der Waals surface area (Å²) in [5, 5.41) is 11.7. The van der Waals surface area contributed by atoms with E-state index in [0.717, 1.165) is 32.4 Å². The van der Waals surface area contributed by atoms with Crippen LogP contribution in [0.1, 0.15) is 33.1 Å². The zero-order valence-corrected chi connectivity index (χ0v) is 14.1. The molecule has 0 aliphatic carbocycles. The van der Waals surface area contributed by atoms with Gasteiger partial charge in [0.2, 0.25) is 11.6 Å². The van der Waals surface area contributed by atoms with E-state index in [0.29, 0.717) is 24.8 Å². The summed E-state index contributed by atoms with van der Waals surface area (Å²) in [4.78, 5) is 23.7. The van der Waals surface area contributed by atoms with Crippen LogP contribution in [0.5, 0.6) is 0 Å². The zero-order chi connectivity index (χ0) is 16.8. The Kier molecular flexibility index (Phi) is 6.09. The Labute approximate surface area is 136 Å². The number of piperidine rings is 1. The molecule has 128 valence electrons. The summed E-state index contributed by atoms with van der Waals surface area (Å²) in [5.74, 6) is 0.806. The van der Waals surface area contributed by atoms with Crippen molar-refractivity contribution in [1.82, 2.24) is 9.97 Å². The van der Waals surface area contributed by atoms with Crippen LogP contribution in [0.4, 0.5) is 17.3 Å². The number of aromatic nitrogens is 2. The van der Waals surface area contributed by atoms with Gasteiger partial charge in [0, 0.05) is 32.8 Å². The van der Waals surface area contributed by atoms with Gasteiger partial charge < -0.3 is 14.5 Å². The Morgan fingerprint density at radius 2 is 2.04 bits per heavy atom. The van der Waals surface area contributed by atoms with Crippen molar-refractivity contribution in [1.29, 1.82) is 0 Å². The maximum atomic E-state index is 11.7. The molecule has 2 heterocycles. The van der Waals surface area contributed by atoms with E-state index in [2.05, 4.69) is 9.97 Å². The van der Waals surface area contributed by atoms with Crippen molar-refractivity contribution in [3.8, 4) is 0 Å². The highest BCUT2D eigenvalue weighted by molar-refractivity contribution is 5.71. The van der Waals surface area contributed by atoms with Gasteiger partial charge in [0.05, 0.1) is 11.5 Å². The fraction of sp³-hybridized carbons (Fsp3) is 0.733. The van der Waals surface area contributed by atoms with Gasteiger partial charge in [-0.2, -0.15) is 0 Å². The van der Waals surface area contributed by atoms with Crippen molar-refractivity contribution in [2.24, 2.45) is 0 Å². The SMILES string of the molecule is COCCN(c1ncnc(N2CCCCC2)c1[N+](=O)[O-])C(C)C. The van der Waals surface area contributed by atoms with Gasteiger partial charge in [0.15, 0.2) is 0 Å². The minimum Gasteiger partial charge on any atom is -0.383 e. The molecule has 23 heavy (non-hydrogen) atoms. The molecule has 1 fully saturated rings. The second-order valence-electron chi connectivity index (χ2n) is 5.95. The summed E-state index contributed by atoms with van der Waals surface area (Å²) in [6.07, 6.45) is 4.66. The molecular weight excluding hydrogens is 298 g/mol. The molecule has 1 aliphatic rings. The molecule has 0 N–H and O–H groups in total. The molecule has 1 aromatic rings. The largest absolute Gasteiger partial charge is 0.383 e. The molecule has 0 spiro atoms. The molecule has 0 aromatic carbocycles. The first-order chi connectivity index (χ1) is 11.1. The second kappa shape index (κ2) is 8.05. The summed E-state index contributed by atoms with van der Waals surface area (Å²) in [7, 11) is 1.62. The first-order valence-corrected chi connectivity index (χ1v) is 8.06. The third kappa shape index (κ3) is 4.07. The van der Waals surface area contributed by atoms with Gasteiger partial charge in [0.25, 0.3) is 0 Å². The van der Waals surface area contributed by atoms with Crippen molar-refractivity contribution in [2.45, 2.75) is 39.2 Å². The van der Waals surface area contributed by atoms with Gasteiger partial charge in [-0.15, -0.1) is 0 Å². The van der Waals surface area contributed by atoms with Crippen molar-refractivity contribution >= 4 is 17.3 Å². The van der Waals surface area contributed by atoms with Crippen LogP contribution < -0.4 is 9.80 Å². The fourth-order valence-electron chi connectivity index (χ4n) is 2.87. The van der Waals surface area contributed by atoms with Crippen LogP contribution in [0.15, 0.2) is 6.33 Å². The topological polar surface area (TPSA) is 84.6 Å². The number of hydrogen-bond acceptors (Lipinski definition) is 7. The van der Waals surface area contributed by atoms with Crippen molar-refractivity contribution in [3.05, 3.63) is 16.4 Å². The van der Waals surface area contributed by atoms with Gasteiger partial charge >= 0.3 is 5.69 Å². The number of anilines is 2. The van der Waals surface area contributed by atoms with Crippen LogP contribution in [0, 0.1) is 10.1 Å². The molecule has 2 rings (SSSR count). The lowest BCUT2D eigenvalue weighted by molar-refractivity contribution is -0.383. The van der Waals surface area contributed by atoms with Gasteiger partial charge in [-0.3, -0.25) is 10.1 Å². The molecule has 0 radical (unpaired) electrons. The Bertz CT molecular complexity index is 532. The van der Waals surface area contributed by atoms with E-state index in [9.17, 15) is 10.1 Å². The second-order valence-corrected chi connectivity index (χ2v) is 5.95. The smallest absolute Gasteiger partial charge is 0.353 e. The summed E-state index contributed by atoms with van der Waals surface area (Å²) in [6.45, 7) is 6.61. The lowest BCUT2D eigenvalue weighted by atomic mass is 10.1. The number of nitrogens with zero attached hydrogens (tertiary/aromatic N) is 5. The number of methoxy groups -OCH3 is 1. The normalized spacial score (nSPS) is 15.0. The third-order valence-electron chi connectivity index (χ3n) is 4.05. The van der Waals surface area contributed by atoms with Gasteiger partial charge in [-0.1, -0.05) is 0 Å². The molecular formula is C15H25N5O3.